The van der Waals surface area contributed by atoms with Gasteiger partial charge in [0.05, 0.1) is 7.11 Å². The van der Waals surface area contributed by atoms with Crippen molar-refractivity contribution in [3.8, 4) is 5.75 Å². The average molecular weight is 388 g/mol. The van der Waals surface area contributed by atoms with Crippen LogP contribution in [0.3, 0.4) is 0 Å². The van der Waals surface area contributed by atoms with Gasteiger partial charge in [-0.25, -0.2) is 0 Å². The summed E-state index contributed by atoms with van der Waals surface area (Å²) in [7, 11) is 1.74. The van der Waals surface area contributed by atoms with Crippen LogP contribution < -0.4 is 10.1 Å². The molecule has 1 atom stereocenters. The largest absolute Gasteiger partial charge is 0.497 e. The van der Waals surface area contributed by atoms with E-state index in [9.17, 15) is 4.79 Å². The van der Waals surface area contributed by atoms with Crippen LogP contribution in [0.5, 0.6) is 5.75 Å². The number of hydrogen-bond donors (Lipinski definition) is 1. The van der Waals surface area contributed by atoms with Crippen LogP contribution in [0.1, 0.15) is 50.2 Å². The lowest BCUT2D eigenvalue weighted by Gasteiger charge is -2.35. The van der Waals surface area contributed by atoms with Gasteiger partial charge in [0.1, 0.15) is 5.75 Å². The Morgan fingerprint density at radius 1 is 1.18 bits per heavy atom. The lowest BCUT2D eigenvalue weighted by molar-refractivity contribution is -0.130. The van der Waals surface area contributed by atoms with Crippen LogP contribution in [0.4, 0.5) is 0 Å². The second-order valence-corrected chi connectivity index (χ2v) is 8.16. The summed E-state index contributed by atoms with van der Waals surface area (Å²) in [5, 5.41) is 3.31. The number of carbonyl (C=O) groups is 1. The molecule has 1 aromatic carbocycles. The van der Waals surface area contributed by atoms with Gasteiger partial charge in [-0.2, -0.15) is 0 Å². The molecule has 0 saturated carbocycles. The Morgan fingerprint density at radius 3 is 2.89 bits per heavy atom. The van der Waals surface area contributed by atoms with Crippen LogP contribution in [0.2, 0.25) is 0 Å². The zero-order chi connectivity index (χ0) is 19.8. The maximum absolute atomic E-state index is 12.1. The lowest BCUT2D eigenvalue weighted by atomic mass is 9.87. The molecule has 28 heavy (non-hydrogen) atoms. The number of fused-ring (bicyclic) bond motifs is 1. The van der Waals surface area contributed by atoms with Gasteiger partial charge in [0, 0.05) is 38.6 Å². The molecule has 0 radical (unpaired) electrons. The van der Waals surface area contributed by atoms with Crippen molar-refractivity contribution in [1.29, 1.82) is 0 Å². The quantitative estimate of drug-likeness (QED) is 0.662. The first kappa shape index (κ1) is 21.1. The molecule has 5 nitrogen and oxygen atoms in total. The van der Waals surface area contributed by atoms with Gasteiger partial charge in [0.2, 0.25) is 5.91 Å². The van der Waals surface area contributed by atoms with Gasteiger partial charge < -0.3 is 19.9 Å². The standard InChI is InChI=1S/C23H37N3O2/c1-3-13-25(14-4-5-15-26-16-12-24-11-10-23(26)27)21-8-6-20-18-22(28-2)9-7-19(20)17-21/h7,9,18,21,24H,3-6,8,10-17H2,1-2H3. The van der Waals surface area contributed by atoms with E-state index in [1.807, 2.05) is 0 Å². The maximum Gasteiger partial charge on any atom is 0.223 e. The summed E-state index contributed by atoms with van der Waals surface area (Å²) in [5.74, 6) is 1.29. The highest BCUT2D eigenvalue weighted by Crippen LogP contribution is 2.28. The number of benzene rings is 1. The normalized spacial score (nSPS) is 20.2. The fourth-order valence-corrected chi connectivity index (χ4v) is 4.59. The van der Waals surface area contributed by atoms with Gasteiger partial charge in [-0.3, -0.25) is 4.79 Å². The van der Waals surface area contributed by atoms with Crippen LogP contribution in [0.25, 0.3) is 0 Å². The molecule has 1 aliphatic carbocycles. The molecule has 3 rings (SSSR count). The molecule has 0 bridgehead atoms. The van der Waals surface area contributed by atoms with Gasteiger partial charge in [0.25, 0.3) is 0 Å². The first-order valence-electron chi connectivity index (χ1n) is 11.1. The molecule has 0 spiro atoms. The third-order valence-corrected chi connectivity index (χ3v) is 6.19. The molecule has 1 saturated heterocycles. The van der Waals surface area contributed by atoms with Crippen molar-refractivity contribution in [2.75, 3.05) is 46.4 Å². The predicted molar refractivity (Wildman–Crippen MR) is 114 cm³/mol. The monoisotopic (exact) mass is 387 g/mol. The Labute approximate surface area is 170 Å². The van der Waals surface area contributed by atoms with Crippen LogP contribution >= 0.6 is 0 Å². The molecule has 1 unspecified atom stereocenters. The van der Waals surface area contributed by atoms with Crippen molar-refractivity contribution < 1.29 is 9.53 Å². The summed E-state index contributed by atoms with van der Waals surface area (Å²) >= 11 is 0. The van der Waals surface area contributed by atoms with Gasteiger partial charge in [-0.05, 0) is 74.9 Å². The first-order chi connectivity index (χ1) is 13.7. The molecule has 1 heterocycles. The van der Waals surface area contributed by atoms with E-state index in [0.717, 1.165) is 57.7 Å². The number of nitrogens with one attached hydrogen (secondary N) is 1. The minimum Gasteiger partial charge on any atom is -0.497 e. The molecular formula is C23H37N3O2. The minimum atomic E-state index is 0.315. The summed E-state index contributed by atoms with van der Waals surface area (Å²) in [4.78, 5) is 16.9. The number of rotatable bonds is 9. The Hall–Kier alpha value is -1.59. The van der Waals surface area contributed by atoms with E-state index in [-0.39, 0.29) is 0 Å². The van der Waals surface area contributed by atoms with Crippen molar-refractivity contribution in [1.82, 2.24) is 15.1 Å². The average Bonchev–Trinajstić information content (AvgIpc) is 2.93. The first-order valence-corrected chi connectivity index (χ1v) is 11.1. The summed E-state index contributed by atoms with van der Waals surface area (Å²) in [5.41, 5.74) is 2.95. The third-order valence-electron chi connectivity index (χ3n) is 6.19. The van der Waals surface area contributed by atoms with Crippen molar-refractivity contribution in [3.63, 3.8) is 0 Å². The van der Waals surface area contributed by atoms with Gasteiger partial charge in [-0.1, -0.05) is 13.0 Å². The topological polar surface area (TPSA) is 44.8 Å². The third kappa shape index (κ3) is 5.71. The van der Waals surface area contributed by atoms with E-state index in [2.05, 4.69) is 40.2 Å². The van der Waals surface area contributed by atoms with Gasteiger partial charge >= 0.3 is 0 Å². The van der Waals surface area contributed by atoms with Crippen molar-refractivity contribution >= 4 is 5.91 Å². The fraction of sp³-hybridized carbons (Fsp3) is 0.696. The fourth-order valence-electron chi connectivity index (χ4n) is 4.59. The van der Waals surface area contributed by atoms with E-state index < -0.39 is 0 Å². The molecule has 5 heteroatoms. The van der Waals surface area contributed by atoms with Crippen LogP contribution in [-0.2, 0) is 17.6 Å². The lowest BCUT2D eigenvalue weighted by Crippen LogP contribution is -2.41. The maximum atomic E-state index is 12.1. The molecule has 1 fully saturated rings. The zero-order valence-corrected chi connectivity index (χ0v) is 17.7. The highest BCUT2D eigenvalue weighted by molar-refractivity contribution is 5.76. The summed E-state index contributed by atoms with van der Waals surface area (Å²) in [6, 6.07) is 7.20. The van der Waals surface area contributed by atoms with E-state index in [1.165, 1.54) is 36.9 Å². The molecule has 1 amide bonds. The van der Waals surface area contributed by atoms with Gasteiger partial charge in [0.15, 0.2) is 0 Å². The number of carbonyl (C=O) groups excluding carboxylic acids is 1. The van der Waals surface area contributed by atoms with Crippen molar-refractivity contribution in [2.24, 2.45) is 0 Å². The van der Waals surface area contributed by atoms with E-state index in [1.54, 1.807) is 7.11 Å². The molecule has 1 N–H and O–H groups in total. The zero-order valence-electron chi connectivity index (χ0n) is 17.7. The number of nitrogens with zero attached hydrogens (tertiary/aromatic N) is 2. The summed E-state index contributed by atoms with van der Waals surface area (Å²) in [6.45, 7) is 8.12. The van der Waals surface area contributed by atoms with Crippen molar-refractivity contribution in [3.05, 3.63) is 29.3 Å². The predicted octanol–water partition coefficient (Wildman–Crippen LogP) is 2.87. The van der Waals surface area contributed by atoms with Crippen LogP contribution in [0.15, 0.2) is 18.2 Å². The number of methoxy groups -OCH3 is 1. The van der Waals surface area contributed by atoms with E-state index in [4.69, 9.17) is 4.74 Å². The number of ether oxygens (including phenoxy) is 1. The Morgan fingerprint density at radius 2 is 2.07 bits per heavy atom. The second-order valence-electron chi connectivity index (χ2n) is 8.16. The molecule has 1 aliphatic heterocycles. The second kappa shape index (κ2) is 10.8. The molecule has 2 aliphatic rings. The minimum absolute atomic E-state index is 0.315. The van der Waals surface area contributed by atoms with Gasteiger partial charge in [-0.15, -0.1) is 0 Å². The SMILES string of the molecule is CCCN(CCCCN1CCNCCC1=O)C1CCc2cc(OC)ccc2C1. The van der Waals surface area contributed by atoms with Crippen molar-refractivity contribution in [2.45, 2.75) is 57.9 Å². The van der Waals surface area contributed by atoms with Crippen LogP contribution in [-0.4, -0.2) is 68.1 Å². The van der Waals surface area contributed by atoms with Crippen LogP contribution in [0, 0.1) is 0 Å². The van der Waals surface area contributed by atoms with E-state index >= 15 is 0 Å². The Balaban J connectivity index is 1.48. The molecule has 156 valence electrons. The Kier molecular flexibility index (Phi) is 8.16. The number of unbranched alkanes of at least 4 members (excludes halogenated alkanes) is 1. The smallest absolute Gasteiger partial charge is 0.223 e. The molecule has 0 aromatic heterocycles. The Bertz CT molecular complexity index is 634. The number of aryl methyl sites for hydroxylation is 1. The number of amides is 1. The highest BCUT2D eigenvalue weighted by atomic mass is 16.5. The highest BCUT2D eigenvalue weighted by Gasteiger charge is 2.24. The summed E-state index contributed by atoms with van der Waals surface area (Å²) in [6.07, 6.45) is 7.64. The number of hydrogen-bond acceptors (Lipinski definition) is 4. The molecular weight excluding hydrogens is 350 g/mol. The molecule has 1 aromatic rings. The summed E-state index contributed by atoms with van der Waals surface area (Å²) < 4.78 is 5.38. The van der Waals surface area contributed by atoms with E-state index in [0.29, 0.717) is 18.4 Å².